The van der Waals surface area contributed by atoms with Gasteiger partial charge in [0.2, 0.25) is 0 Å². The van der Waals surface area contributed by atoms with Crippen LogP contribution in [0.5, 0.6) is 0 Å². The first kappa shape index (κ1) is 21.9. The number of hydrogen-bond acceptors (Lipinski definition) is 3. The van der Waals surface area contributed by atoms with E-state index in [9.17, 15) is 0 Å². The molecule has 6 heteroatoms. The lowest BCUT2D eigenvalue weighted by Gasteiger charge is -2.13. The van der Waals surface area contributed by atoms with Crippen LogP contribution >= 0.6 is 35.3 Å². The third-order valence-corrected chi connectivity index (χ3v) is 4.99. The van der Waals surface area contributed by atoms with Gasteiger partial charge in [0.15, 0.2) is 5.96 Å². The molecule has 3 N–H and O–H groups in total. The fraction of sp³-hybridized carbons (Fsp3) is 0.474. The normalized spacial score (nSPS) is 12.2. The molecule has 25 heavy (non-hydrogen) atoms. The van der Waals surface area contributed by atoms with Crippen molar-refractivity contribution in [2.75, 3.05) is 11.9 Å². The molecule has 0 saturated heterocycles. The van der Waals surface area contributed by atoms with Crippen molar-refractivity contribution in [2.24, 2.45) is 10.7 Å². The number of nitrogens with zero attached hydrogens (tertiary/aromatic N) is 2. The third-order valence-electron chi connectivity index (χ3n) is 3.67. The van der Waals surface area contributed by atoms with Crippen LogP contribution in [0.4, 0.5) is 5.69 Å². The van der Waals surface area contributed by atoms with Crippen molar-refractivity contribution in [3.63, 3.8) is 0 Å². The lowest BCUT2D eigenvalue weighted by atomic mass is 9.98. The van der Waals surface area contributed by atoms with Crippen molar-refractivity contribution in [1.29, 1.82) is 0 Å². The van der Waals surface area contributed by atoms with Crippen molar-refractivity contribution < 1.29 is 0 Å². The lowest BCUT2D eigenvalue weighted by molar-refractivity contribution is 0.583. The molecular formula is C19H29IN4S. The fourth-order valence-electron chi connectivity index (χ4n) is 2.22. The molecule has 2 aromatic rings. The van der Waals surface area contributed by atoms with Crippen molar-refractivity contribution >= 4 is 47.0 Å². The zero-order valence-electron chi connectivity index (χ0n) is 15.7. The van der Waals surface area contributed by atoms with Crippen molar-refractivity contribution in [1.82, 2.24) is 4.98 Å². The molecule has 1 heterocycles. The Kier molecular flexibility index (Phi) is 8.34. The maximum atomic E-state index is 5.99. The minimum Gasteiger partial charge on any atom is -0.370 e. The summed E-state index contributed by atoms with van der Waals surface area (Å²) in [5.41, 5.74) is 9.44. The second-order valence-electron chi connectivity index (χ2n) is 7.32. The first-order chi connectivity index (χ1) is 11.3. The Morgan fingerprint density at radius 1 is 1.32 bits per heavy atom. The number of halogens is 1. The highest BCUT2D eigenvalue weighted by Crippen LogP contribution is 2.25. The molecule has 0 amide bonds. The summed E-state index contributed by atoms with van der Waals surface area (Å²) in [5.74, 6) is 0.939. The van der Waals surface area contributed by atoms with Gasteiger partial charge in [0.25, 0.3) is 0 Å². The van der Waals surface area contributed by atoms with Crippen LogP contribution in [0.3, 0.4) is 0 Å². The molecule has 0 bridgehead atoms. The molecule has 0 aliphatic heterocycles. The highest BCUT2D eigenvalue weighted by Gasteiger charge is 2.17. The molecule has 1 aromatic heterocycles. The molecule has 0 radical (unpaired) electrons. The van der Waals surface area contributed by atoms with Gasteiger partial charge in [0.1, 0.15) is 0 Å². The second-order valence-corrected chi connectivity index (χ2v) is 8.17. The summed E-state index contributed by atoms with van der Waals surface area (Å²) < 4.78 is 0. The minimum atomic E-state index is 0. The van der Waals surface area contributed by atoms with Crippen LogP contribution in [-0.4, -0.2) is 17.5 Å². The Balaban J connectivity index is 0.00000312. The molecule has 0 saturated carbocycles. The zero-order chi connectivity index (χ0) is 17.7. The van der Waals surface area contributed by atoms with Crippen molar-refractivity contribution in [2.45, 2.75) is 52.4 Å². The first-order valence-corrected chi connectivity index (χ1v) is 9.25. The molecule has 0 unspecified atom stereocenters. The van der Waals surface area contributed by atoms with Crippen LogP contribution in [0.25, 0.3) is 0 Å². The number of thiazole rings is 1. The van der Waals surface area contributed by atoms with Crippen LogP contribution in [0.2, 0.25) is 0 Å². The SMILES string of the molecule is CC(C)c1cccc(NC(N)=NCCc2csc(C(C)(C)C)n2)c1.I. The minimum absolute atomic E-state index is 0. The van der Waals surface area contributed by atoms with Crippen LogP contribution < -0.4 is 11.1 Å². The van der Waals surface area contributed by atoms with Crippen molar-refractivity contribution in [3.05, 3.63) is 45.9 Å². The summed E-state index contributed by atoms with van der Waals surface area (Å²) in [6.07, 6.45) is 0.807. The van der Waals surface area contributed by atoms with Gasteiger partial charge >= 0.3 is 0 Å². The molecule has 138 valence electrons. The Hall–Kier alpha value is -1.15. The molecule has 4 nitrogen and oxygen atoms in total. The molecule has 0 atom stereocenters. The monoisotopic (exact) mass is 472 g/mol. The van der Waals surface area contributed by atoms with Crippen LogP contribution in [0.15, 0.2) is 34.6 Å². The number of guanidine groups is 1. The Morgan fingerprint density at radius 2 is 2.04 bits per heavy atom. The second kappa shape index (κ2) is 9.52. The van der Waals surface area contributed by atoms with Crippen molar-refractivity contribution in [3.8, 4) is 0 Å². The predicted octanol–water partition coefficient (Wildman–Crippen LogP) is 5.15. The topological polar surface area (TPSA) is 63.3 Å². The highest BCUT2D eigenvalue weighted by molar-refractivity contribution is 14.0. The number of nitrogens with one attached hydrogen (secondary N) is 1. The zero-order valence-corrected chi connectivity index (χ0v) is 18.8. The molecule has 0 aliphatic rings. The quantitative estimate of drug-likeness (QED) is 0.359. The highest BCUT2D eigenvalue weighted by atomic mass is 127. The van der Waals surface area contributed by atoms with Gasteiger partial charge in [-0.15, -0.1) is 35.3 Å². The van der Waals surface area contributed by atoms with E-state index in [1.165, 1.54) is 5.56 Å². The average molecular weight is 472 g/mol. The summed E-state index contributed by atoms with van der Waals surface area (Å²) >= 11 is 1.72. The summed E-state index contributed by atoms with van der Waals surface area (Å²) in [4.78, 5) is 9.09. The number of anilines is 1. The fourth-order valence-corrected chi connectivity index (χ4v) is 3.16. The van der Waals surface area contributed by atoms with E-state index in [4.69, 9.17) is 5.73 Å². The van der Waals surface area contributed by atoms with E-state index in [2.05, 4.69) is 67.4 Å². The smallest absolute Gasteiger partial charge is 0.193 e. The van der Waals surface area contributed by atoms with E-state index >= 15 is 0 Å². The van der Waals surface area contributed by atoms with E-state index in [0.717, 1.165) is 22.8 Å². The summed E-state index contributed by atoms with van der Waals surface area (Å²) in [6, 6.07) is 8.28. The third kappa shape index (κ3) is 6.93. The van der Waals surface area contributed by atoms with Gasteiger partial charge in [-0.25, -0.2) is 4.98 Å². The number of aliphatic imine (C=N–C) groups is 1. The molecule has 0 fully saturated rings. The molecule has 0 aliphatic carbocycles. The largest absolute Gasteiger partial charge is 0.370 e. The molecule has 0 spiro atoms. The standard InChI is InChI=1S/C19H28N4S.HI/c1-13(2)14-7-6-8-15(11-14)23-18(20)21-10-9-16-12-24-17(22-16)19(3,4)5;/h6-8,11-13H,9-10H2,1-5H3,(H3,20,21,23);1H. The molecule has 2 rings (SSSR count). The maximum Gasteiger partial charge on any atom is 0.193 e. The summed E-state index contributed by atoms with van der Waals surface area (Å²) in [7, 11) is 0. The number of hydrogen-bond donors (Lipinski definition) is 2. The van der Waals surface area contributed by atoms with Gasteiger partial charge in [-0.2, -0.15) is 0 Å². The van der Waals surface area contributed by atoms with Gasteiger partial charge < -0.3 is 11.1 Å². The van der Waals surface area contributed by atoms with Gasteiger partial charge in [0, 0.05) is 29.4 Å². The lowest BCUT2D eigenvalue weighted by Crippen LogP contribution is -2.23. The molecule has 1 aromatic carbocycles. The average Bonchev–Trinajstić information content (AvgIpc) is 2.96. The van der Waals surface area contributed by atoms with E-state index in [0.29, 0.717) is 18.4 Å². The first-order valence-electron chi connectivity index (χ1n) is 8.37. The van der Waals surface area contributed by atoms with E-state index in [1.54, 1.807) is 11.3 Å². The van der Waals surface area contributed by atoms with Gasteiger partial charge in [0.05, 0.1) is 10.7 Å². The van der Waals surface area contributed by atoms with E-state index < -0.39 is 0 Å². The Labute approximate surface area is 172 Å². The maximum absolute atomic E-state index is 5.99. The number of benzene rings is 1. The van der Waals surface area contributed by atoms with Gasteiger partial charge in [-0.1, -0.05) is 46.8 Å². The number of nitrogens with two attached hydrogens (primary N) is 1. The summed E-state index contributed by atoms with van der Waals surface area (Å²) in [5, 5.41) is 6.44. The predicted molar refractivity (Wildman–Crippen MR) is 121 cm³/mol. The Bertz CT molecular complexity index is 701. The van der Waals surface area contributed by atoms with Crippen LogP contribution in [0, 0.1) is 0 Å². The number of rotatable bonds is 5. The van der Waals surface area contributed by atoms with E-state index in [-0.39, 0.29) is 29.4 Å². The van der Waals surface area contributed by atoms with Crippen LogP contribution in [-0.2, 0) is 11.8 Å². The van der Waals surface area contributed by atoms with E-state index in [1.807, 2.05) is 12.1 Å². The molecular weight excluding hydrogens is 443 g/mol. The Morgan fingerprint density at radius 3 is 2.64 bits per heavy atom. The number of aromatic nitrogens is 1. The van der Waals surface area contributed by atoms with Gasteiger partial charge in [-0.05, 0) is 23.6 Å². The summed E-state index contributed by atoms with van der Waals surface area (Å²) in [6.45, 7) is 11.5. The van der Waals surface area contributed by atoms with Gasteiger partial charge in [-0.3, -0.25) is 4.99 Å². The van der Waals surface area contributed by atoms with Crippen LogP contribution in [0.1, 0.15) is 56.8 Å².